The number of sulfonamides is 1. The van der Waals surface area contributed by atoms with E-state index in [0.29, 0.717) is 19.0 Å². The van der Waals surface area contributed by atoms with Crippen LogP contribution in [-0.2, 0) is 10.0 Å². The molecule has 1 aliphatic carbocycles. The molecule has 0 amide bonds. The Morgan fingerprint density at radius 3 is 2.62 bits per heavy atom. The third-order valence-corrected chi connectivity index (χ3v) is 4.61. The summed E-state index contributed by atoms with van der Waals surface area (Å²) in [5, 5.41) is 3.31. The summed E-state index contributed by atoms with van der Waals surface area (Å²) in [5.41, 5.74) is 0. The molecule has 6 heteroatoms. The molecule has 0 aromatic carbocycles. The molecule has 2 N–H and O–H groups in total. The van der Waals surface area contributed by atoms with Gasteiger partial charge in [0.05, 0.1) is 5.75 Å². The maximum absolute atomic E-state index is 11.5. The molecule has 0 bridgehead atoms. The highest BCUT2D eigenvalue weighted by atomic mass is 32.2. The van der Waals surface area contributed by atoms with E-state index in [2.05, 4.69) is 10.0 Å². The third kappa shape index (κ3) is 7.49. The van der Waals surface area contributed by atoms with Crippen LogP contribution >= 0.6 is 11.8 Å². The minimum Gasteiger partial charge on any atom is -0.314 e. The zero-order valence-corrected chi connectivity index (χ0v) is 11.5. The molecule has 4 nitrogen and oxygen atoms in total. The lowest BCUT2D eigenvalue weighted by atomic mass is 10.5. The molecule has 0 atom stereocenters. The Kier molecular flexibility index (Phi) is 6.72. The molecule has 0 saturated heterocycles. The fraction of sp³-hybridized carbons (Fsp3) is 1.00. The molecule has 0 radical (unpaired) electrons. The van der Waals surface area contributed by atoms with Gasteiger partial charge in [-0.1, -0.05) is 0 Å². The average Bonchev–Trinajstić information content (AvgIpc) is 3.04. The van der Waals surface area contributed by atoms with Crippen molar-refractivity contribution in [2.75, 3.05) is 30.9 Å². The second-order valence-electron chi connectivity index (χ2n) is 4.14. The molecular formula is C10H22N2O2S2. The predicted octanol–water partition coefficient (Wildman–Crippen LogP) is 0.801. The van der Waals surface area contributed by atoms with Crippen LogP contribution in [0.25, 0.3) is 0 Å². The molecule has 16 heavy (non-hydrogen) atoms. The molecule has 0 aliphatic heterocycles. The van der Waals surface area contributed by atoms with E-state index in [1.165, 1.54) is 12.8 Å². The number of hydrogen-bond acceptors (Lipinski definition) is 4. The minimum atomic E-state index is -3.04. The second-order valence-corrected chi connectivity index (χ2v) is 7.05. The van der Waals surface area contributed by atoms with Crippen molar-refractivity contribution in [1.82, 2.24) is 10.0 Å². The van der Waals surface area contributed by atoms with Gasteiger partial charge < -0.3 is 5.32 Å². The van der Waals surface area contributed by atoms with E-state index in [4.69, 9.17) is 0 Å². The van der Waals surface area contributed by atoms with E-state index in [1.807, 2.05) is 6.26 Å². The van der Waals surface area contributed by atoms with Crippen molar-refractivity contribution in [3.63, 3.8) is 0 Å². The van der Waals surface area contributed by atoms with Gasteiger partial charge in [0.2, 0.25) is 10.0 Å². The number of rotatable bonds is 10. The Morgan fingerprint density at radius 1 is 1.25 bits per heavy atom. The van der Waals surface area contributed by atoms with E-state index in [0.717, 1.165) is 18.7 Å². The van der Waals surface area contributed by atoms with E-state index in [-0.39, 0.29) is 5.75 Å². The smallest absolute Gasteiger partial charge is 0.211 e. The Balaban J connectivity index is 1.98. The Hall–Kier alpha value is 0.220. The maximum atomic E-state index is 11.5. The van der Waals surface area contributed by atoms with Crippen LogP contribution in [0, 0.1) is 0 Å². The predicted molar refractivity (Wildman–Crippen MR) is 70.4 cm³/mol. The lowest BCUT2D eigenvalue weighted by Gasteiger charge is -2.06. The fourth-order valence-corrected chi connectivity index (χ4v) is 2.93. The summed E-state index contributed by atoms with van der Waals surface area (Å²) in [5.74, 6) is 1.25. The van der Waals surface area contributed by atoms with Crippen molar-refractivity contribution < 1.29 is 8.42 Å². The zero-order chi connectivity index (χ0) is 11.9. The van der Waals surface area contributed by atoms with Gasteiger partial charge in [-0.15, -0.1) is 0 Å². The normalized spacial score (nSPS) is 16.6. The van der Waals surface area contributed by atoms with Crippen molar-refractivity contribution in [2.45, 2.75) is 31.7 Å². The standard InChI is InChI=1S/C10H22N2O2S2/c1-15-8-2-7-12-16(13,14)9-3-6-11-10-4-5-10/h10-12H,2-9H2,1H3. The van der Waals surface area contributed by atoms with Crippen molar-refractivity contribution in [3.8, 4) is 0 Å². The first-order valence-corrected chi connectivity index (χ1v) is 8.88. The molecule has 1 fully saturated rings. The van der Waals surface area contributed by atoms with Crippen LogP contribution in [0.5, 0.6) is 0 Å². The van der Waals surface area contributed by atoms with E-state index in [9.17, 15) is 8.42 Å². The summed E-state index contributed by atoms with van der Waals surface area (Å²) in [6.45, 7) is 1.38. The molecule has 0 unspecified atom stereocenters. The van der Waals surface area contributed by atoms with Gasteiger partial charge in [-0.3, -0.25) is 0 Å². The fourth-order valence-electron chi connectivity index (χ4n) is 1.37. The average molecular weight is 266 g/mol. The summed E-state index contributed by atoms with van der Waals surface area (Å²) < 4.78 is 25.6. The first-order valence-electron chi connectivity index (χ1n) is 5.84. The Morgan fingerprint density at radius 2 is 2.00 bits per heavy atom. The van der Waals surface area contributed by atoms with Gasteiger partial charge in [-0.2, -0.15) is 11.8 Å². The monoisotopic (exact) mass is 266 g/mol. The summed E-state index contributed by atoms with van der Waals surface area (Å²) in [6.07, 6.45) is 6.13. The lowest BCUT2D eigenvalue weighted by Crippen LogP contribution is -2.29. The van der Waals surface area contributed by atoms with Crippen molar-refractivity contribution in [2.24, 2.45) is 0 Å². The molecule has 0 aromatic rings. The Labute approximate surface area is 103 Å². The van der Waals surface area contributed by atoms with E-state index in [1.54, 1.807) is 11.8 Å². The molecule has 1 saturated carbocycles. The Bertz CT molecular complexity index is 277. The molecule has 0 aromatic heterocycles. The second kappa shape index (κ2) is 7.53. The van der Waals surface area contributed by atoms with Crippen molar-refractivity contribution >= 4 is 21.8 Å². The van der Waals surface area contributed by atoms with Crippen molar-refractivity contribution in [3.05, 3.63) is 0 Å². The van der Waals surface area contributed by atoms with Gasteiger partial charge in [-0.05, 0) is 44.2 Å². The van der Waals surface area contributed by atoms with Gasteiger partial charge >= 0.3 is 0 Å². The first-order chi connectivity index (χ1) is 7.64. The topological polar surface area (TPSA) is 58.2 Å². The molecule has 1 rings (SSSR count). The highest BCUT2D eigenvalue weighted by Gasteiger charge is 2.20. The SMILES string of the molecule is CSCCCNS(=O)(=O)CCCNC1CC1. The minimum absolute atomic E-state index is 0.242. The largest absolute Gasteiger partial charge is 0.314 e. The van der Waals surface area contributed by atoms with Gasteiger partial charge in [-0.25, -0.2) is 13.1 Å². The van der Waals surface area contributed by atoms with E-state index >= 15 is 0 Å². The van der Waals surface area contributed by atoms with Crippen LogP contribution in [0.3, 0.4) is 0 Å². The summed E-state index contributed by atoms with van der Waals surface area (Å²) >= 11 is 1.74. The van der Waals surface area contributed by atoms with E-state index < -0.39 is 10.0 Å². The van der Waals surface area contributed by atoms with Crippen LogP contribution in [0.1, 0.15) is 25.7 Å². The number of nitrogens with one attached hydrogen (secondary N) is 2. The van der Waals surface area contributed by atoms with Gasteiger partial charge in [0.1, 0.15) is 0 Å². The van der Waals surface area contributed by atoms with Crippen LogP contribution < -0.4 is 10.0 Å². The summed E-state index contributed by atoms with van der Waals surface area (Å²) in [4.78, 5) is 0. The van der Waals surface area contributed by atoms with Crippen LogP contribution in [0.15, 0.2) is 0 Å². The highest BCUT2D eigenvalue weighted by Crippen LogP contribution is 2.18. The molecule has 0 spiro atoms. The van der Waals surface area contributed by atoms with Gasteiger partial charge in [0.25, 0.3) is 0 Å². The lowest BCUT2D eigenvalue weighted by molar-refractivity contribution is 0.574. The first kappa shape index (κ1) is 14.3. The molecule has 96 valence electrons. The van der Waals surface area contributed by atoms with Gasteiger partial charge in [0, 0.05) is 12.6 Å². The van der Waals surface area contributed by atoms with Crippen LogP contribution in [-0.4, -0.2) is 45.3 Å². The number of hydrogen-bond donors (Lipinski definition) is 2. The highest BCUT2D eigenvalue weighted by molar-refractivity contribution is 7.98. The molecule has 1 aliphatic rings. The number of thioether (sulfide) groups is 1. The third-order valence-electron chi connectivity index (χ3n) is 2.45. The van der Waals surface area contributed by atoms with Crippen molar-refractivity contribution in [1.29, 1.82) is 0 Å². The molecule has 0 heterocycles. The van der Waals surface area contributed by atoms with Gasteiger partial charge in [0.15, 0.2) is 0 Å². The quantitative estimate of drug-likeness (QED) is 0.574. The van der Waals surface area contributed by atoms with Crippen LogP contribution in [0.2, 0.25) is 0 Å². The zero-order valence-electron chi connectivity index (χ0n) is 9.87. The van der Waals surface area contributed by atoms with Crippen LogP contribution in [0.4, 0.5) is 0 Å². The summed E-state index contributed by atoms with van der Waals surface area (Å²) in [7, 11) is -3.04. The summed E-state index contributed by atoms with van der Waals surface area (Å²) in [6, 6.07) is 0.664. The maximum Gasteiger partial charge on any atom is 0.211 e. The molecular weight excluding hydrogens is 244 g/mol.